The number of amides is 2. The van der Waals surface area contributed by atoms with E-state index in [-0.39, 0.29) is 18.0 Å². The number of likely N-dealkylation sites (N-methyl/N-ethyl adjacent to an activating group) is 1. The van der Waals surface area contributed by atoms with Gasteiger partial charge in [-0.15, -0.1) is 0 Å². The Morgan fingerprint density at radius 2 is 1.62 bits per heavy atom. The number of alkyl halides is 3. The lowest BCUT2D eigenvalue weighted by Gasteiger charge is -2.33. The van der Waals surface area contributed by atoms with E-state index in [1.54, 1.807) is 42.5 Å². The van der Waals surface area contributed by atoms with Gasteiger partial charge in [0.05, 0.1) is 22.5 Å². The second kappa shape index (κ2) is 12.7. The molecule has 214 valence electrons. The molecule has 0 saturated heterocycles. The van der Waals surface area contributed by atoms with E-state index in [1.165, 1.54) is 11.9 Å². The van der Waals surface area contributed by atoms with E-state index >= 15 is 0 Å². The van der Waals surface area contributed by atoms with Crippen LogP contribution in [0.2, 0.25) is 5.02 Å². The first-order valence-corrected chi connectivity index (χ1v) is 14.4. The van der Waals surface area contributed by atoms with Gasteiger partial charge < -0.3 is 10.2 Å². The molecule has 1 atom stereocenters. The molecule has 0 radical (unpaired) electrons. The number of hydrogen-bond acceptors (Lipinski definition) is 4. The summed E-state index contributed by atoms with van der Waals surface area (Å²) in [5, 5.41) is 2.27. The van der Waals surface area contributed by atoms with Crippen LogP contribution in [0, 0.1) is 6.92 Å². The Morgan fingerprint density at radius 3 is 2.20 bits per heavy atom. The molecule has 3 aromatic carbocycles. The molecule has 3 rings (SSSR count). The third-order valence-electron chi connectivity index (χ3n) is 6.34. The first kappa shape index (κ1) is 31.0. The van der Waals surface area contributed by atoms with Crippen molar-refractivity contribution in [1.82, 2.24) is 10.2 Å². The molecule has 0 aliphatic heterocycles. The summed E-state index contributed by atoms with van der Waals surface area (Å²) in [5.41, 5.74) is 0.664. The summed E-state index contributed by atoms with van der Waals surface area (Å²) in [4.78, 5) is 28.3. The number of hydrogen-bond donors (Lipinski definition) is 1. The Kier molecular flexibility index (Phi) is 9.86. The van der Waals surface area contributed by atoms with Crippen molar-refractivity contribution in [3.05, 3.63) is 100 Å². The van der Waals surface area contributed by atoms with Crippen LogP contribution in [0.1, 0.15) is 22.3 Å². The molecule has 40 heavy (non-hydrogen) atoms. The smallest absolute Gasteiger partial charge is 0.357 e. The minimum atomic E-state index is -4.77. The molecular formula is C28H29ClF3N3O4S. The lowest BCUT2D eigenvalue weighted by molar-refractivity contribution is -0.139. The molecule has 0 heterocycles. The maximum atomic E-state index is 13.9. The predicted octanol–water partition coefficient (Wildman–Crippen LogP) is 4.82. The number of sulfonamides is 1. The van der Waals surface area contributed by atoms with Gasteiger partial charge in [0.15, 0.2) is 0 Å². The SMILES string of the molecule is CNC(=O)[C@H](Cc1ccccc1)N(Cc1ccccc1C)C(=O)CN(c1cc(C(F)(F)F)ccc1Cl)S(C)(=O)=O. The summed E-state index contributed by atoms with van der Waals surface area (Å²) < 4.78 is 66.5. The van der Waals surface area contributed by atoms with Gasteiger partial charge in [-0.2, -0.15) is 13.2 Å². The molecule has 0 fully saturated rings. The van der Waals surface area contributed by atoms with Crippen LogP contribution in [0.4, 0.5) is 18.9 Å². The highest BCUT2D eigenvalue weighted by molar-refractivity contribution is 7.92. The van der Waals surface area contributed by atoms with Crippen LogP contribution in [-0.2, 0) is 38.8 Å². The predicted molar refractivity (Wildman–Crippen MR) is 148 cm³/mol. The third-order valence-corrected chi connectivity index (χ3v) is 7.79. The van der Waals surface area contributed by atoms with E-state index in [2.05, 4.69) is 5.32 Å². The minimum absolute atomic E-state index is 0.0512. The van der Waals surface area contributed by atoms with Crippen molar-refractivity contribution in [1.29, 1.82) is 0 Å². The Bertz CT molecular complexity index is 1470. The molecule has 0 aromatic heterocycles. The second-order valence-corrected chi connectivity index (χ2v) is 11.5. The third kappa shape index (κ3) is 7.76. The van der Waals surface area contributed by atoms with E-state index in [9.17, 15) is 31.2 Å². The first-order chi connectivity index (χ1) is 18.7. The fourth-order valence-electron chi connectivity index (χ4n) is 4.17. The molecule has 1 N–H and O–H groups in total. The molecular weight excluding hydrogens is 567 g/mol. The number of aryl methyl sites for hydroxylation is 1. The van der Waals surface area contributed by atoms with Gasteiger partial charge in [0.1, 0.15) is 12.6 Å². The van der Waals surface area contributed by atoms with Crippen molar-refractivity contribution >= 4 is 39.1 Å². The highest BCUT2D eigenvalue weighted by Crippen LogP contribution is 2.36. The van der Waals surface area contributed by atoms with Crippen molar-refractivity contribution in [3.63, 3.8) is 0 Å². The number of halogens is 4. The van der Waals surface area contributed by atoms with Crippen LogP contribution in [-0.4, -0.2) is 51.0 Å². The fourth-order valence-corrected chi connectivity index (χ4v) is 5.29. The zero-order chi connectivity index (χ0) is 29.7. The number of carbonyl (C=O) groups excluding carboxylic acids is 2. The minimum Gasteiger partial charge on any atom is -0.357 e. The highest BCUT2D eigenvalue weighted by Gasteiger charge is 2.35. The van der Waals surface area contributed by atoms with E-state index in [0.29, 0.717) is 15.9 Å². The molecule has 2 amide bonds. The fraction of sp³-hybridized carbons (Fsp3) is 0.286. The maximum Gasteiger partial charge on any atom is 0.416 e. The molecule has 0 saturated carbocycles. The van der Waals surface area contributed by atoms with Crippen molar-refractivity contribution in [3.8, 4) is 0 Å². The molecule has 0 aliphatic rings. The quantitative estimate of drug-likeness (QED) is 0.364. The Hall–Kier alpha value is -3.57. The molecule has 12 heteroatoms. The van der Waals surface area contributed by atoms with Crippen LogP contribution in [0.3, 0.4) is 0 Å². The summed E-state index contributed by atoms with van der Waals surface area (Å²) in [6.07, 6.45) is -3.90. The Morgan fingerprint density at radius 1 is 1.00 bits per heavy atom. The van der Waals surface area contributed by atoms with Crippen LogP contribution >= 0.6 is 11.6 Å². The number of nitrogens with zero attached hydrogens (tertiary/aromatic N) is 2. The van der Waals surface area contributed by atoms with E-state index < -0.39 is 51.9 Å². The van der Waals surface area contributed by atoms with Gasteiger partial charge in [0.25, 0.3) is 0 Å². The summed E-state index contributed by atoms with van der Waals surface area (Å²) in [5.74, 6) is -1.29. The van der Waals surface area contributed by atoms with Gasteiger partial charge in [-0.25, -0.2) is 8.42 Å². The monoisotopic (exact) mass is 595 g/mol. The van der Waals surface area contributed by atoms with Crippen LogP contribution in [0.25, 0.3) is 0 Å². The van der Waals surface area contributed by atoms with Crippen LogP contribution in [0.15, 0.2) is 72.8 Å². The lowest BCUT2D eigenvalue weighted by Crippen LogP contribution is -2.53. The van der Waals surface area contributed by atoms with Gasteiger partial charge >= 0.3 is 6.18 Å². The number of rotatable bonds is 10. The van der Waals surface area contributed by atoms with Gasteiger partial charge in [0.2, 0.25) is 21.8 Å². The van der Waals surface area contributed by atoms with Crippen molar-refractivity contribution in [2.75, 3.05) is 24.2 Å². The maximum absolute atomic E-state index is 13.9. The van der Waals surface area contributed by atoms with Gasteiger partial charge in [-0.3, -0.25) is 13.9 Å². The van der Waals surface area contributed by atoms with E-state index in [4.69, 9.17) is 11.6 Å². The van der Waals surface area contributed by atoms with Gasteiger partial charge in [-0.05, 0) is 41.8 Å². The summed E-state index contributed by atoms with van der Waals surface area (Å²) >= 11 is 6.14. The zero-order valence-corrected chi connectivity index (χ0v) is 23.6. The standard InChI is InChI=1S/C28H29ClF3N3O4S/c1-19-9-7-8-12-21(19)17-34(25(27(37)33-2)15-20-10-5-4-6-11-20)26(36)18-35(40(3,38)39)24-16-22(28(30,31)32)13-14-23(24)29/h4-14,16,25H,15,17-18H2,1-3H3,(H,33,37)/t25-/m0/s1. The topological polar surface area (TPSA) is 86.8 Å². The van der Waals surface area contributed by atoms with E-state index in [1.807, 2.05) is 19.1 Å². The lowest BCUT2D eigenvalue weighted by atomic mass is 10.0. The highest BCUT2D eigenvalue weighted by atomic mass is 35.5. The summed E-state index contributed by atoms with van der Waals surface area (Å²) in [7, 11) is -2.87. The molecule has 7 nitrogen and oxygen atoms in total. The average molecular weight is 596 g/mol. The Balaban J connectivity index is 2.10. The van der Waals surface area contributed by atoms with Crippen molar-refractivity contribution in [2.45, 2.75) is 32.1 Å². The van der Waals surface area contributed by atoms with Crippen LogP contribution in [0.5, 0.6) is 0 Å². The number of carbonyl (C=O) groups is 2. The Labute approximate surface area is 236 Å². The summed E-state index contributed by atoms with van der Waals surface area (Å²) in [6, 6.07) is 17.3. The van der Waals surface area contributed by atoms with Crippen molar-refractivity contribution in [2.24, 2.45) is 0 Å². The average Bonchev–Trinajstić information content (AvgIpc) is 2.89. The molecule has 0 spiro atoms. The number of anilines is 1. The van der Waals surface area contributed by atoms with Crippen molar-refractivity contribution < 1.29 is 31.2 Å². The second-order valence-electron chi connectivity index (χ2n) is 9.20. The number of benzene rings is 3. The van der Waals surface area contributed by atoms with Gasteiger partial charge in [-0.1, -0.05) is 66.2 Å². The molecule has 3 aromatic rings. The first-order valence-electron chi connectivity index (χ1n) is 12.2. The zero-order valence-electron chi connectivity index (χ0n) is 22.1. The molecule has 0 unspecified atom stereocenters. The largest absolute Gasteiger partial charge is 0.416 e. The summed E-state index contributed by atoms with van der Waals surface area (Å²) in [6.45, 7) is 0.897. The normalized spacial score (nSPS) is 12.5. The number of nitrogens with one attached hydrogen (secondary N) is 1. The van der Waals surface area contributed by atoms with Crippen LogP contribution < -0.4 is 9.62 Å². The molecule has 0 aliphatic carbocycles. The van der Waals surface area contributed by atoms with E-state index in [0.717, 1.165) is 29.5 Å². The van der Waals surface area contributed by atoms with Gasteiger partial charge in [0, 0.05) is 20.0 Å². The molecule has 0 bridgehead atoms.